The molecule has 7 nitrogen and oxygen atoms in total. The maximum Gasteiger partial charge on any atom is 0.333 e. The molecule has 2 rings (SSSR count). The van der Waals surface area contributed by atoms with Crippen LogP contribution in [0.5, 0.6) is 11.5 Å². The molecule has 0 N–H and O–H groups in total. The summed E-state index contributed by atoms with van der Waals surface area (Å²) in [7, 11) is 0. The number of rotatable bonds is 21. The fraction of sp³-hybridized carbons (Fsp3) is 0.469. The minimum Gasteiger partial charge on any atom is -0.494 e. The van der Waals surface area contributed by atoms with E-state index in [1.54, 1.807) is 6.92 Å². The van der Waals surface area contributed by atoms with Crippen LogP contribution in [-0.2, 0) is 14.3 Å². The number of azo groups is 1. The van der Waals surface area contributed by atoms with Crippen molar-refractivity contribution in [1.82, 2.24) is 0 Å². The molecule has 0 aromatic heterocycles. The summed E-state index contributed by atoms with van der Waals surface area (Å²) in [6.45, 7) is 14.3. The Kier molecular flexibility index (Phi) is 16.0. The van der Waals surface area contributed by atoms with Crippen molar-refractivity contribution >= 4 is 17.3 Å². The van der Waals surface area contributed by atoms with Crippen LogP contribution >= 0.6 is 0 Å². The van der Waals surface area contributed by atoms with E-state index in [0.29, 0.717) is 32.0 Å². The average Bonchev–Trinajstić information content (AvgIpc) is 2.93. The van der Waals surface area contributed by atoms with Crippen LogP contribution in [-0.4, -0.2) is 39.0 Å². The average molecular weight is 537 g/mol. The first-order valence-electron chi connectivity index (χ1n) is 13.9. The highest BCUT2D eigenvalue weighted by Gasteiger charge is 2.02. The second-order valence-corrected chi connectivity index (χ2v) is 9.64. The summed E-state index contributed by atoms with van der Waals surface area (Å²) in [4.78, 5) is 11.3. The third kappa shape index (κ3) is 15.5. The number of unbranched alkanes of at least 4 members (excludes halogenated alkanes) is 6. The van der Waals surface area contributed by atoms with Crippen LogP contribution in [0.1, 0.15) is 65.2 Å². The highest BCUT2D eigenvalue weighted by molar-refractivity contribution is 5.86. The highest BCUT2D eigenvalue weighted by atomic mass is 16.5. The molecule has 0 heterocycles. The highest BCUT2D eigenvalue weighted by Crippen LogP contribution is 2.23. The van der Waals surface area contributed by atoms with E-state index >= 15 is 0 Å². The van der Waals surface area contributed by atoms with Crippen molar-refractivity contribution in [3.05, 3.63) is 72.8 Å². The SMILES string of the molecule is C=C(C)COCCCCCCOc1ccc(/N=N/c2ccc(OCCCCCCOC(=O)C(=C)C)cc2)cc1. The third-order valence-electron chi connectivity index (χ3n) is 5.64. The van der Waals surface area contributed by atoms with Crippen LogP contribution in [0.25, 0.3) is 0 Å². The van der Waals surface area contributed by atoms with E-state index in [2.05, 4.69) is 23.4 Å². The number of carbonyl (C=O) groups is 1. The predicted molar refractivity (Wildman–Crippen MR) is 156 cm³/mol. The zero-order valence-electron chi connectivity index (χ0n) is 23.7. The summed E-state index contributed by atoms with van der Waals surface area (Å²) >= 11 is 0. The second kappa shape index (κ2) is 19.6. The molecule has 2 aromatic carbocycles. The lowest BCUT2D eigenvalue weighted by Crippen LogP contribution is -2.06. The molecule has 0 amide bonds. The van der Waals surface area contributed by atoms with Gasteiger partial charge in [-0.05, 0) is 107 Å². The molecule has 0 bridgehead atoms. The van der Waals surface area contributed by atoms with Gasteiger partial charge in [0.25, 0.3) is 0 Å². The van der Waals surface area contributed by atoms with Crippen LogP contribution < -0.4 is 9.47 Å². The first-order chi connectivity index (χ1) is 18.9. The van der Waals surface area contributed by atoms with Gasteiger partial charge in [0.2, 0.25) is 0 Å². The number of nitrogens with zero attached hydrogens (tertiary/aromatic N) is 2. The van der Waals surface area contributed by atoms with Crippen molar-refractivity contribution in [3.8, 4) is 11.5 Å². The van der Waals surface area contributed by atoms with Gasteiger partial charge >= 0.3 is 5.97 Å². The van der Waals surface area contributed by atoms with E-state index in [9.17, 15) is 4.79 Å². The van der Waals surface area contributed by atoms with Gasteiger partial charge in [0.15, 0.2) is 0 Å². The van der Waals surface area contributed by atoms with Gasteiger partial charge < -0.3 is 18.9 Å². The number of carbonyl (C=O) groups excluding carboxylic acids is 1. The first-order valence-corrected chi connectivity index (χ1v) is 13.9. The largest absolute Gasteiger partial charge is 0.494 e. The van der Waals surface area contributed by atoms with Crippen LogP contribution in [0.4, 0.5) is 11.4 Å². The molecule has 0 saturated heterocycles. The quantitative estimate of drug-likeness (QED) is 0.0524. The molecule has 0 radical (unpaired) electrons. The van der Waals surface area contributed by atoms with Crippen LogP contribution in [0, 0.1) is 0 Å². The molecule has 0 aliphatic rings. The van der Waals surface area contributed by atoms with Crippen LogP contribution in [0.2, 0.25) is 0 Å². The maximum atomic E-state index is 11.3. The minimum absolute atomic E-state index is 0.321. The Morgan fingerprint density at radius 3 is 1.51 bits per heavy atom. The van der Waals surface area contributed by atoms with E-state index < -0.39 is 0 Å². The summed E-state index contributed by atoms with van der Waals surface area (Å²) in [6, 6.07) is 15.2. The van der Waals surface area contributed by atoms with Gasteiger partial charge in [-0.15, -0.1) is 0 Å². The lowest BCUT2D eigenvalue weighted by molar-refractivity contribution is -0.139. The van der Waals surface area contributed by atoms with Crippen molar-refractivity contribution in [2.24, 2.45) is 10.2 Å². The summed E-state index contributed by atoms with van der Waals surface area (Å²) < 4.78 is 22.2. The van der Waals surface area contributed by atoms with Crippen LogP contribution in [0.3, 0.4) is 0 Å². The number of esters is 1. The fourth-order valence-corrected chi connectivity index (χ4v) is 3.47. The molecular weight excluding hydrogens is 492 g/mol. The first kappa shape index (κ1) is 31.8. The van der Waals surface area contributed by atoms with E-state index in [-0.39, 0.29) is 5.97 Å². The standard InChI is InChI=1S/C32H44N2O5/c1-26(2)25-36-21-9-5-6-10-22-37-30-17-13-28(14-18-30)33-34-29-15-19-31(20-16-29)38-23-11-7-8-12-24-39-32(35)27(3)4/h13-20H,1,3,5-12,21-25H2,2,4H3/b34-33+. The summed E-state index contributed by atoms with van der Waals surface area (Å²) in [5, 5.41) is 8.62. The van der Waals surface area contributed by atoms with E-state index in [4.69, 9.17) is 18.9 Å². The molecule has 39 heavy (non-hydrogen) atoms. The molecule has 0 atom stereocenters. The van der Waals surface area contributed by atoms with Crippen molar-refractivity contribution in [1.29, 1.82) is 0 Å². The van der Waals surface area contributed by atoms with Crippen molar-refractivity contribution in [2.45, 2.75) is 65.2 Å². The monoisotopic (exact) mass is 536 g/mol. The van der Waals surface area contributed by atoms with Gasteiger partial charge in [-0.25, -0.2) is 4.79 Å². The molecule has 0 fully saturated rings. The molecule has 0 aliphatic heterocycles. The lowest BCUT2D eigenvalue weighted by Gasteiger charge is -2.07. The topological polar surface area (TPSA) is 78.7 Å². The van der Waals surface area contributed by atoms with Gasteiger partial charge in [0.1, 0.15) is 11.5 Å². The van der Waals surface area contributed by atoms with E-state index in [1.807, 2.05) is 55.5 Å². The van der Waals surface area contributed by atoms with Crippen LogP contribution in [0.15, 0.2) is 83.1 Å². The summed E-state index contributed by atoms with van der Waals surface area (Å²) in [5.41, 5.74) is 3.03. The number of ether oxygens (including phenoxy) is 4. The molecule has 0 spiro atoms. The molecule has 212 valence electrons. The van der Waals surface area contributed by atoms with E-state index in [0.717, 1.165) is 86.4 Å². The Morgan fingerprint density at radius 2 is 1.08 bits per heavy atom. The van der Waals surface area contributed by atoms with Gasteiger partial charge in [0, 0.05) is 12.2 Å². The molecule has 2 aromatic rings. The van der Waals surface area contributed by atoms with Crippen molar-refractivity contribution in [3.63, 3.8) is 0 Å². The van der Waals surface area contributed by atoms with Gasteiger partial charge in [0.05, 0.1) is 37.8 Å². The summed E-state index contributed by atoms with van der Waals surface area (Å²) in [6.07, 6.45) is 8.17. The van der Waals surface area contributed by atoms with Gasteiger partial charge in [-0.2, -0.15) is 10.2 Å². The Hall–Kier alpha value is -3.45. The minimum atomic E-state index is -0.321. The Labute approximate surface area is 233 Å². The molecule has 0 unspecified atom stereocenters. The Bertz CT molecular complexity index is 1020. The maximum absolute atomic E-state index is 11.3. The Balaban J connectivity index is 1.55. The number of benzene rings is 2. The van der Waals surface area contributed by atoms with E-state index in [1.165, 1.54) is 0 Å². The predicted octanol–water partition coefficient (Wildman–Crippen LogP) is 8.69. The summed E-state index contributed by atoms with van der Waals surface area (Å²) in [5.74, 6) is 1.33. The number of hydrogen-bond acceptors (Lipinski definition) is 7. The molecule has 0 saturated carbocycles. The lowest BCUT2D eigenvalue weighted by atomic mass is 10.2. The second-order valence-electron chi connectivity index (χ2n) is 9.64. The van der Waals surface area contributed by atoms with Gasteiger partial charge in [-0.3, -0.25) is 0 Å². The molecule has 0 aliphatic carbocycles. The fourth-order valence-electron chi connectivity index (χ4n) is 3.47. The Morgan fingerprint density at radius 1 is 0.641 bits per heavy atom. The normalized spacial score (nSPS) is 10.9. The third-order valence-corrected chi connectivity index (χ3v) is 5.64. The van der Waals surface area contributed by atoms with Crippen molar-refractivity contribution in [2.75, 3.05) is 33.0 Å². The zero-order valence-corrected chi connectivity index (χ0v) is 23.7. The van der Waals surface area contributed by atoms with Gasteiger partial charge in [-0.1, -0.05) is 25.2 Å². The molecule has 7 heteroatoms. The number of hydrogen-bond donors (Lipinski definition) is 0. The smallest absolute Gasteiger partial charge is 0.333 e. The zero-order chi connectivity index (χ0) is 28.1. The molecular formula is C32H44N2O5. The van der Waals surface area contributed by atoms with Crippen molar-refractivity contribution < 1.29 is 23.7 Å².